The summed E-state index contributed by atoms with van der Waals surface area (Å²) >= 11 is 0. The fourth-order valence-electron chi connectivity index (χ4n) is 0.918. The number of allylic oxidation sites excluding steroid dienone is 1. The van der Waals surface area contributed by atoms with Crippen LogP contribution in [0, 0.1) is 0 Å². The predicted molar refractivity (Wildman–Crippen MR) is 59.2 cm³/mol. The summed E-state index contributed by atoms with van der Waals surface area (Å²) in [5.74, 6) is -0.855. The van der Waals surface area contributed by atoms with E-state index < -0.39 is 16.1 Å². The highest BCUT2D eigenvalue weighted by atomic mass is 32.2. The van der Waals surface area contributed by atoms with Crippen LogP contribution in [-0.4, -0.2) is 14.4 Å². The van der Waals surface area contributed by atoms with Crippen molar-refractivity contribution >= 4 is 16.1 Å². The van der Waals surface area contributed by atoms with Gasteiger partial charge in [0.15, 0.2) is 0 Å². The second-order valence-electron chi connectivity index (χ2n) is 3.11. The van der Waals surface area contributed by atoms with Crippen molar-refractivity contribution in [2.45, 2.75) is 18.7 Å². The van der Waals surface area contributed by atoms with Gasteiger partial charge in [-0.25, -0.2) is 4.79 Å². The monoisotopic (exact) mass is 240 g/mol. The summed E-state index contributed by atoms with van der Waals surface area (Å²) in [5, 5.41) is 0. The van der Waals surface area contributed by atoms with Crippen LogP contribution in [0.4, 0.5) is 0 Å². The molecule has 0 aliphatic heterocycles. The van der Waals surface area contributed by atoms with Gasteiger partial charge in [-0.1, -0.05) is 24.3 Å². The number of carbonyl (C=O) groups excluding carboxylic acids is 1. The lowest BCUT2D eigenvalue weighted by Gasteiger charge is -2.04. The Bertz CT molecular complexity index is 500. The third-order valence-corrected chi connectivity index (χ3v) is 3.19. The van der Waals surface area contributed by atoms with Gasteiger partial charge in [0.05, 0.1) is 0 Å². The fourth-order valence-corrected chi connectivity index (χ4v) is 1.84. The van der Waals surface area contributed by atoms with Gasteiger partial charge in [0.25, 0.3) is 0 Å². The molecule has 0 spiro atoms. The smallest absolute Gasteiger partial charge is 0.338 e. The maximum Gasteiger partial charge on any atom is 0.349 e. The quantitative estimate of drug-likeness (QED) is 0.598. The van der Waals surface area contributed by atoms with Crippen LogP contribution in [0.1, 0.15) is 13.8 Å². The highest BCUT2D eigenvalue weighted by Crippen LogP contribution is 2.13. The first-order chi connectivity index (χ1) is 7.47. The van der Waals surface area contributed by atoms with E-state index in [2.05, 4.69) is 4.18 Å². The molecule has 0 fully saturated rings. The van der Waals surface area contributed by atoms with Gasteiger partial charge in [-0.3, -0.25) is 0 Å². The van der Waals surface area contributed by atoms with Crippen molar-refractivity contribution in [1.82, 2.24) is 0 Å². The molecule has 4 nitrogen and oxygen atoms in total. The molecule has 0 atom stereocenters. The molecule has 16 heavy (non-hydrogen) atoms. The van der Waals surface area contributed by atoms with Gasteiger partial charge in [-0.05, 0) is 26.0 Å². The van der Waals surface area contributed by atoms with Gasteiger partial charge in [-0.2, -0.15) is 8.42 Å². The first kappa shape index (κ1) is 12.4. The van der Waals surface area contributed by atoms with Crippen molar-refractivity contribution in [1.29, 1.82) is 0 Å². The summed E-state index contributed by atoms with van der Waals surface area (Å²) in [6.07, 6.45) is 1.49. The van der Waals surface area contributed by atoms with Crippen molar-refractivity contribution in [2.75, 3.05) is 0 Å². The van der Waals surface area contributed by atoms with Crippen LogP contribution in [0.15, 0.2) is 46.9 Å². The number of carbonyl (C=O) groups is 1. The summed E-state index contributed by atoms with van der Waals surface area (Å²) in [4.78, 5) is 11.3. The zero-order valence-electron chi connectivity index (χ0n) is 9.01. The average Bonchev–Trinajstić information content (AvgIpc) is 2.28. The highest BCUT2D eigenvalue weighted by Gasteiger charge is 2.20. The van der Waals surface area contributed by atoms with Gasteiger partial charge >= 0.3 is 16.1 Å². The molecule has 1 aromatic carbocycles. The summed E-state index contributed by atoms with van der Waals surface area (Å²) < 4.78 is 27.6. The third-order valence-electron chi connectivity index (χ3n) is 1.97. The lowest BCUT2D eigenvalue weighted by atomic mass is 10.3. The SMILES string of the molecule is CC=C(C)C(=O)OS(=O)(=O)c1ccccc1. The Kier molecular flexibility index (Phi) is 3.84. The van der Waals surface area contributed by atoms with Crippen LogP contribution in [0.5, 0.6) is 0 Å². The van der Waals surface area contributed by atoms with Crippen molar-refractivity contribution in [3.63, 3.8) is 0 Å². The van der Waals surface area contributed by atoms with Gasteiger partial charge in [-0.15, -0.1) is 0 Å². The van der Waals surface area contributed by atoms with Crippen LogP contribution in [0.25, 0.3) is 0 Å². The van der Waals surface area contributed by atoms with E-state index in [4.69, 9.17) is 0 Å². The van der Waals surface area contributed by atoms with Gasteiger partial charge in [0, 0.05) is 5.57 Å². The van der Waals surface area contributed by atoms with Crippen LogP contribution in [0.2, 0.25) is 0 Å². The lowest BCUT2D eigenvalue weighted by Crippen LogP contribution is -2.13. The Morgan fingerprint density at radius 2 is 1.81 bits per heavy atom. The molecule has 0 unspecified atom stereocenters. The van der Waals surface area contributed by atoms with Gasteiger partial charge in [0.1, 0.15) is 4.90 Å². The van der Waals surface area contributed by atoms with Crippen molar-refractivity contribution in [3.8, 4) is 0 Å². The molecular formula is C11H12O4S. The zero-order valence-corrected chi connectivity index (χ0v) is 9.82. The fraction of sp³-hybridized carbons (Fsp3) is 0.182. The molecular weight excluding hydrogens is 228 g/mol. The lowest BCUT2D eigenvalue weighted by molar-refractivity contribution is -0.129. The van der Waals surface area contributed by atoms with Gasteiger partial charge < -0.3 is 4.18 Å². The second-order valence-corrected chi connectivity index (χ2v) is 4.66. The summed E-state index contributed by atoms with van der Waals surface area (Å²) in [6, 6.07) is 7.53. The molecule has 0 radical (unpaired) electrons. The molecule has 1 rings (SSSR count). The molecule has 0 N–H and O–H groups in total. The van der Waals surface area contributed by atoms with E-state index >= 15 is 0 Å². The zero-order chi connectivity index (χ0) is 12.2. The van der Waals surface area contributed by atoms with Crippen LogP contribution in [-0.2, 0) is 19.1 Å². The van der Waals surface area contributed by atoms with E-state index in [-0.39, 0.29) is 10.5 Å². The van der Waals surface area contributed by atoms with E-state index in [1.807, 2.05) is 0 Å². The summed E-state index contributed by atoms with van der Waals surface area (Å²) in [7, 11) is -4.00. The minimum absolute atomic E-state index is 0.0350. The van der Waals surface area contributed by atoms with Crippen LogP contribution >= 0.6 is 0 Å². The number of benzene rings is 1. The Morgan fingerprint density at radius 1 is 1.25 bits per heavy atom. The van der Waals surface area contributed by atoms with Crippen LogP contribution < -0.4 is 0 Å². The van der Waals surface area contributed by atoms with Crippen molar-refractivity contribution < 1.29 is 17.4 Å². The molecule has 86 valence electrons. The number of hydrogen-bond acceptors (Lipinski definition) is 4. The number of rotatable bonds is 3. The van der Waals surface area contributed by atoms with E-state index in [9.17, 15) is 13.2 Å². The predicted octanol–water partition coefficient (Wildman–Crippen LogP) is 1.88. The first-order valence-electron chi connectivity index (χ1n) is 4.64. The molecule has 0 aromatic heterocycles. The molecule has 0 saturated heterocycles. The molecule has 1 aromatic rings. The Hall–Kier alpha value is -1.62. The average molecular weight is 240 g/mol. The van der Waals surface area contributed by atoms with Gasteiger partial charge in [0.2, 0.25) is 0 Å². The Labute approximate surface area is 94.7 Å². The third kappa shape index (κ3) is 2.93. The largest absolute Gasteiger partial charge is 0.349 e. The van der Waals surface area contributed by atoms with Crippen LogP contribution in [0.3, 0.4) is 0 Å². The van der Waals surface area contributed by atoms with E-state index in [0.29, 0.717) is 0 Å². The minimum atomic E-state index is -4.00. The topological polar surface area (TPSA) is 60.4 Å². The standard InChI is InChI=1S/C11H12O4S/c1-3-9(2)11(12)15-16(13,14)10-7-5-4-6-8-10/h3-8H,1-2H3. The highest BCUT2D eigenvalue weighted by molar-refractivity contribution is 7.87. The minimum Gasteiger partial charge on any atom is -0.338 e. The maximum absolute atomic E-state index is 11.6. The Morgan fingerprint density at radius 3 is 2.31 bits per heavy atom. The molecule has 0 saturated carbocycles. The summed E-state index contributed by atoms with van der Waals surface area (Å²) in [6.45, 7) is 3.12. The van der Waals surface area contributed by atoms with E-state index in [0.717, 1.165) is 0 Å². The van der Waals surface area contributed by atoms with E-state index in [1.165, 1.54) is 25.1 Å². The Balaban J connectivity index is 2.94. The second kappa shape index (κ2) is 4.94. The van der Waals surface area contributed by atoms with Crippen molar-refractivity contribution in [3.05, 3.63) is 42.0 Å². The van der Waals surface area contributed by atoms with Crippen molar-refractivity contribution in [2.24, 2.45) is 0 Å². The summed E-state index contributed by atoms with van der Waals surface area (Å²) in [5.41, 5.74) is 0.250. The maximum atomic E-state index is 11.6. The first-order valence-corrected chi connectivity index (χ1v) is 6.05. The van der Waals surface area contributed by atoms with E-state index in [1.54, 1.807) is 25.1 Å². The molecule has 0 aliphatic carbocycles. The molecule has 0 amide bonds. The molecule has 0 bridgehead atoms. The molecule has 0 heterocycles. The number of hydrogen-bond donors (Lipinski definition) is 0. The normalized spacial score (nSPS) is 12.2. The molecule has 0 aliphatic rings. The molecule has 5 heteroatoms.